The van der Waals surface area contributed by atoms with Gasteiger partial charge in [-0.3, -0.25) is 4.79 Å². The second kappa shape index (κ2) is 7.65. The molecule has 6 heteroatoms. The molecular formula is C16H21N3O2S. The molecule has 3 rings (SSSR count). The highest BCUT2D eigenvalue weighted by Gasteiger charge is 2.13. The van der Waals surface area contributed by atoms with E-state index in [2.05, 4.69) is 10.3 Å². The number of benzene rings is 1. The molecule has 1 aromatic heterocycles. The van der Waals surface area contributed by atoms with Crippen LogP contribution in [0.3, 0.4) is 0 Å². The van der Waals surface area contributed by atoms with Crippen molar-refractivity contribution in [3.05, 3.63) is 30.6 Å². The van der Waals surface area contributed by atoms with Crippen molar-refractivity contribution in [2.24, 2.45) is 0 Å². The lowest BCUT2D eigenvalue weighted by Crippen LogP contribution is -2.30. The summed E-state index contributed by atoms with van der Waals surface area (Å²) in [6, 6.07) is 7.85. The number of rotatable bonds is 6. The SMILES string of the molecule is O=C(Cn1cnc2ccccc21)NCCSC1CCOCC1. The molecule has 118 valence electrons. The number of hydrogen-bond acceptors (Lipinski definition) is 4. The number of thioether (sulfide) groups is 1. The van der Waals surface area contributed by atoms with Gasteiger partial charge in [0.1, 0.15) is 6.54 Å². The second-order valence-corrected chi connectivity index (χ2v) is 6.80. The summed E-state index contributed by atoms with van der Waals surface area (Å²) in [5.41, 5.74) is 1.92. The summed E-state index contributed by atoms with van der Waals surface area (Å²) in [7, 11) is 0. The van der Waals surface area contributed by atoms with Gasteiger partial charge in [-0.25, -0.2) is 4.98 Å². The number of carbonyl (C=O) groups is 1. The van der Waals surface area contributed by atoms with E-state index >= 15 is 0 Å². The lowest BCUT2D eigenvalue weighted by Gasteiger charge is -2.21. The number of carbonyl (C=O) groups excluding carboxylic acids is 1. The van der Waals surface area contributed by atoms with Crippen LogP contribution in [0.25, 0.3) is 11.0 Å². The van der Waals surface area contributed by atoms with Gasteiger partial charge in [0, 0.05) is 30.8 Å². The molecule has 0 spiro atoms. The van der Waals surface area contributed by atoms with Crippen molar-refractivity contribution in [3.8, 4) is 0 Å². The summed E-state index contributed by atoms with van der Waals surface area (Å²) >= 11 is 1.94. The molecule has 1 N–H and O–H groups in total. The number of aromatic nitrogens is 2. The van der Waals surface area contributed by atoms with Gasteiger partial charge in [0.2, 0.25) is 5.91 Å². The molecule has 0 aliphatic carbocycles. The number of nitrogens with one attached hydrogen (secondary N) is 1. The zero-order valence-corrected chi connectivity index (χ0v) is 13.3. The Morgan fingerprint density at radius 1 is 1.36 bits per heavy atom. The third-order valence-corrected chi connectivity index (χ3v) is 5.17. The highest BCUT2D eigenvalue weighted by Crippen LogP contribution is 2.21. The summed E-state index contributed by atoms with van der Waals surface area (Å²) in [6.45, 7) is 2.78. The maximum atomic E-state index is 12.0. The van der Waals surface area contributed by atoms with Crippen LogP contribution in [-0.4, -0.2) is 46.2 Å². The van der Waals surface area contributed by atoms with Crippen molar-refractivity contribution in [2.45, 2.75) is 24.6 Å². The standard InChI is InChI=1S/C16H21N3O2S/c20-16(17-7-10-22-13-5-8-21-9-6-13)11-19-12-18-14-3-1-2-4-15(14)19/h1-4,12-13H,5-11H2,(H,17,20). The van der Waals surface area contributed by atoms with Crippen LogP contribution in [0.4, 0.5) is 0 Å². The van der Waals surface area contributed by atoms with E-state index in [1.807, 2.05) is 40.6 Å². The lowest BCUT2D eigenvalue weighted by molar-refractivity contribution is -0.121. The fourth-order valence-corrected chi connectivity index (χ4v) is 3.68. The van der Waals surface area contributed by atoms with E-state index in [-0.39, 0.29) is 5.91 Å². The van der Waals surface area contributed by atoms with Gasteiger partial charge in [0.05, 0.1) is 17.4 Å². The largest absolute Gasteiger partial charge is 0.381 e. The molecule has 1 aliphatic rings. The number of fused-ring (bicyclic) bond motifs is 1. The Labute approximate surface area is 134 Å². The number of hydrogen-bond donors (Lipinski definition) is 1. The summed E-state index contributed by atoms with van der Waals surface area (Å²) in [5.74, 6) is 0.997. The predicted octanol–water partition coefficient (Wildman–Crippen LogP) is 2.06. The van der Waals surface area contributed by atoms with E-state index in [4.69, 9.17) is 4.74 Å². The first kappa shape index (κ1) is 15.4. The zero-order valence-electron chi connectivity index (χ0n) is 12.5. The van der Waals surface area contributed by atoms with Crippen LogP contribution in [0.2, 0.25) is 0 Å². The van der Waals surface area contributed by atoms with E-state index in [1.54, 1.807) is 6.33 Å². The Morgan fingerprint density at radius 2 is 2.18 bits per heavy atom. The molecule has 0 radical (unpaired) electrons. The molecular weight excluding hydrogens is 298 g/mol. The highest BCUT2D eigenvalue weighted by atomic mass is 32.2. The van der Waals surface area contributed by atoms with Gasteiger partial charge in [-0.2, -0.15) is 11.8 Å². The van der Waals surface area contributed by atoms with Crippen molar-refractivity contribution in [1.82, 2.24) is 14.9 Å². The van der Waals surface area contributed by atoms with Crippen molar-refractivity contribution in [2.75, 3.05) is 25.5 Å². The minimum atomic E-state index is 0.0377. The molecule has 0 unspecified atom stereocenters. The van der Waals surface area contributed by atoms with Crippen molar-refractivity contribution in [1.29, 1.82) is 0 Å². The number of para-hydroxylation sites is 2. The summed E-state index contributed by atoms with van der Waals surface area (Å²) in [5, 5.41) is 3.67. The zero-order chi connectivity index (χ0) is 15.2. The first-order valence-corrected chi connectivity index (χ1v) is 8.74. The number of amides is 1. The van der Waals surface area contributed by atoms with Crippen LogP contribution in [0.15, 0.2) is 30.6 Å². The van der Waals surface area contributed by atoms with Gasteiger partial charge in [-0.15, -0.1) is 0 Å². The van der Waals surface area contributed by atoms with Crippen LogP contribution in [0.5, 0.6) is 0 Å². The Kier molecular flexibility index (Phi) is 5.34. The Bertz CT molecular complexity index is 623. The van der Waals surface area contributed by atoms with E-state index in [0.717, 1.165) is 42.8 Å². The first-order chi connectivity index (χ1) is 10.8. The maximum absolute atomic E-state index is 12.0. The summed E-state index contributed by atoms with van der Waals surface area (Å²) in [4.78, 5) is 16.3. The van der Waals surface area contributed by atoms with Crippen molar-refractivity contribution in [3.63, 3.8) is 0 Å². The van der Waals surface area contributed by atoms with Gasteiger partial charge >= 0.3 is 0 Å². The Hall–Kier alpha value is -1.53. The molecule has 2 heterocycles. The third-order valence-electron chi connectivity index (χ3n) is 3.79. The topological polar surface area (TPSA) is 56.2 Å². The van der Waals surface area contributed by atoms with Crippen molar-refractivity contribution < 1.29 is 9.53 Å². The first-order valence-electron chi connectivity index (χ1n) is 7.69. The van der Waals surface area contributed by atoms with Crippen LogP contribution in [-0.2, 0) is 16.1 Å². The van der Waals surface area contributed by atoms with Crippen LogP contribution in [0, 0.1) is 0 Å². The minimum Gasteiger partial charge on any atom is -0.381 e. The number of imidazole rings is 1. The smallest absolute Gasteiger partial charge is 0.240 e. The van der Waals surface area contributed by atoms with E-state index in [0.29, 0.717) is 18.3 Å². The van der Waals surface area contributed by atoms with Crippen LogP contribution < -0.4 is 5.32 Å². The molecule has 22 heavy (non-hydrogen) atoms. The van der Waals surface area contributed by atoms with Gasteiger partial charge in [0.15, 0.2) is 0 Å². The molecule has 2 aromatic rings. The quantitative estimate of drug-likeness (QED) is 0.828. The van der Waals surface area contributed by atoms with Crippen LogP contribution >= 0.6 is 11.8 Å². The van der Waals surface area contributed by atoms with Gasteiger partial charge < -0.3 is 14.6 Å². The maximum Gasteiger partial charge on any atom is 0.240 e. The monoisotopic (exact) mass is 319 g/mol. The molecule has 0 saturated carbocycles. The van der Waals surface area contributed by atoms with Gasteiger partial charge in [-0.1, -0.05) is 12.1 Å². The van der Waals surface area contributed by atoms with Crippen LogP contribution in [0.1, 0.15) is 12.8 Å². The van der Waals surface area contributed by atoms with Crippen molar-refractivity contribution >= 4 is 28.7 Å². The fraction of sp³-hybridized carbons (Fsp3) is 0.500. The molecule has 0 atom stereocenters. The fourth-order valence-electron chi connectivity index (χ4n) is 2.61. The number of nitrogens with zero attached hydrogens (tertiary/aromatic N) is 2. The number of ether oxygens (including phenoxy) is 1. The Balaban J connectivity index is 1.41. The predicted molar refractivity (Wildman–Crippen MR) is 89.0 cm³/mol. The molecule has 1 fully saturated rings. The molecule has 1 aliphatic heterocycles. The van der Waals surface area contributed by atoms with E-state index < -0.39 is 0 Å². The lowest BCUT2D eigenvalue weighted by atomic mass is 10.2. The normalized spacial score (nSPS) is 16.0. The molecule has 1 amide bonds. The molecule has 5 nitrogen and oxygen atoms in total. The summed E-state index contributed by atoms with van der Waals surface area (Å²) < 4.78 is 7.23. The highest BCUT2D eigenvalue weighted by molar-refractivity contribution is 7.99. The Morgan fingerprint density at radius 3 is 3.05 bits per heavy atom. The average molecular weight is 319 g/mol. The second-order valence-electron chi connectivity index (χ2n) is 5.39. The average Bonchev–Trinajstić information content (AvgIpc) is 2.96. The molecule has 0 bridgehead atoms. The third kappa shape index (κ3) is 4.01. The van der Waals surface area contributed by atoms with E-state index in [1.165, 1.54) is 0 Å². The van der Waals surface area contributed by atoms with Gasteiger partial charge in [-0.05, 0) is 25.0 Å². The summed E-state index contributed by atoms with van der Waals surface area (Å²) in [6.07, 6.45) is 3.97. The van der Waals surface area contributed by atoms with Gasteiger partial charge in [0.25, 0.3) is 0 Å². The van der Waals surface area contributed by atoms with E-state index in [9.17, 15) is 4.79 Å². The minimum absolute atomic E-state index is 0.0377. The molecule has 1 aromatic carbocycles. The molecule has 1 saturated heterocycles.